The quantitative estimate of drug-likeness (QED) is 0.866. The van der Waals surface area contributed by atoms with Crippen molar-refractivity contribution < 1.29 is 14.3 Å². The number of hydrogen-bond acceptors (Lipinski definition) is 4. The SMILES string of the molecule is COC(=O)c1ccc(C(=O)NC(C)(C)CC(C)(C)C)nc1. The Morgan fingerprint density at radius 3 is 2.24 bits per heavy atom. The van der Waals surface area contributed by atoms with Crippen LogP contribution in [0, 0.1) is 5.41 Å². The largest absolute Gasteiger partial charge is 0.465 e. The van der Waals surface area contributed by atoms with E-state index in [0.717, 1.165) is 6.42 Å². The number of aromatic nitrogens is 1. The third-order valence-electron chi connectivity index (χ3n) is 2.84. The highest BCUT2D eigenvalue weighted by atomic mass is 16.5. The van der Waals surface area contributed by atoms with Gasteiger partial charge in [0.1, 0.15) is 5.69 Å². The number of rotatable bonds is 4. The molecule has 1 amide bonds. The summed E-state index contributed by atoms with van der Waals surface area (Å²) in [5.41, 5.74) is 0.379. The van der Waals surface area contributed by atoms with Crippen molar-refractivity contribution in [3.8, 4) is 0 Å². The summed E-state index contributed by atoms with van der Waals surface area (Å²) in [5, 5.41) is 2.97. The molecule has 0 atom stereocenters. The highest BCUT2D eigenvalue weighted by molar-refractivity contribution is 5.94. The predicted molar refractivity (Wildman–Crippen MR) is 81.2 cm³/mol. The van der Waals surface area contributed by atoms with Crippen LogP contribution in [-0.4, -0.2) is 29.5 Å². The van der Waals surface area contributed by atoms with Crippen LogP contribution in [0.1, 0.15) is 61.9 Å². The molecule has 0 saturated heterocycles. The summed E-state index contributed by atoms with van der Waals surface area (Å²) in [6.45, 7) is 10.4. The van der Waals surface area contributed by atoms with Gasteiger partial charge in [0, 0.05) is 11.7 Å². The van der Waals surface area contributed by atoms with Gasteiger partial charge >= 0.3 is 5.97 Å². The second-order valence-corrected chi connectivity index (χ2v) is 7.00. The fraction of sp³-hybridized carbons (Fsp3) is 0.562. The summed E-state index contributed by atoms with van der Waals surface area (Å²) in [6.07, 6.45) is 2.18. The van der Waals surface area contributed by atoms with E-state index in [1.165, 1.54) is 25.4 Å². The molecule has 0 fully saturated rings. The summed E-state index contributed by atoms with van der Waals surface area (Å²) in [5.74, 6) is -0.719. The van der Waals surface area contributed by atoms with Gasteiger partial charge in [-0.05, 0) is 37.8 Å². The molecule has 0 aromatic carbocycles. The van der Waals surface area contributed by atoms with Gasteiger partial charge in [-0.2, -0.15) is 0 Å². The molecule has 0 aliphatic rings. The van der Waals surface area contributed by atoms with Gasteiger partial charge in [0.05, 0.1) is 12.7 Å². The van der Waals surface area contributed by atoms with Crippen molar-refractivity contribution in [3.63, 3.8) is 0 Å². The van der Waals surface area contributed by atoms with Crippen LogP contribution in [0.2, 0.25) is 0 Å². The molecule has 1 rings (SSSR count). The van der Waals surface area contributed by atoms with Crippen molar-refractivity contribution in [2.24, 2.45) is 5.41 Å². The summed E-state index contributed by atoms with van der Waals surface area (Å²) in [6, 6.07) is 3.05. The fourth-order valence-corrected chi connectivity index (χ4v) is 2.51. The molecule has 0 radical (unpaired) electrons. The number of ether oxygens (including phenoxy) is 1. The van der Waals surface area contributed by atoms with E-state index >= 15 is 0 Å². The Balaban J connectivity index is 2.78. The Hall–Kier alpha value is -1.91. The molecule has 0 unspecified atom stereocenters. The van der Waals surface area contributed by atoms with Crippen LogP contribution in [0.25, 0.3) is 0 Å². The number of methoxy groups -OCH3 is 1. The van der Waals surface area contributed by atoms with E-state index in [1.54, 1.807) is 0 Å². The lowest BCUT2D eigenvalue weighted by Crippen LogP contribution is -2.46. The van der Waals surface area contributed by atoms with Crippen LogP contribution in [0.5, 0.6) is 0 Å². The smallest absolute Gasteiger partial charge is 0.339 e. The van der Waals surface area contributed by atoms with Crippen LogP contribution < -0.4 is 5.32 Å². The Morgan fingerprint density at radius 1 is 1.19 bits per heavy atom. The third-order valence-corrected chi connectivity index (χ3v) is 2.84. The highest BCUT2D eigenvalue weighted by Gasteiger charge is 2.27. The molecule has 21 heavy (non-hydrogen) atoms. The topological polar surface area (TPSA) is 68.3 Å². The number of carbonyl (C=O) groups is 2. The first-order valence-corrected chi connectivity index (χ1v) is 6.91. The van der Waals surface area contributed by atoms with Gasteiger partial charge in [-0.1, -0.05) is 20.8 Å². The van der Waals surface area contributed by atoms with Crippen LogP contribution >= 0.6 is 0 Å². The average molecular weight is 292 g/mol. The van der Waals surface area contributed by atoms with E-state index < -0.39 is 5.97 Å². The Morgan fingerprint density at radius 2 is 1.81 bits per heavy atom. The molecule has 1 N–H and O–H groups in total. The van der Waals surface area contributed by atoms with Crippen LogP contribution in [0.15, 0.2) is 18.3 Å². The summed E-state index contributed by atoms with van der Waals surface area (Å²) < 4.78 is 4.59. The fourth-order valence-electron chi connectivity index (χ4n) is 2.51. The van der Waals surface area contributed by atoms with Crippen molar-refractivity contribution in [1.82, 2.24) is 10.3 Å². The highest BCUT2D eigenvalue weighted by Crippen LogP contribution is 2.26. The van der Waals surface area contributed by atoms with E-state index in [2.05, 4.69) is 35.8 Å². The lowest BCUT2D eigenvalue weighted by Gasteiger charge is -2.33. The number of hydrogen-bond donors (Lipinski definition) is 1. The first kappa shape index (κ1) is 17.1. The molecule has 0 bridgehead atoms. The minimum Gasteiger partial charge on any atom is -0.465 e. The van der Waals surface area contributed by atoms with E-state index in [1.807, 2.05) is 13.8 Å². The van der Waals surface area contributed by atoms with Crippen molar-refractivity contribution in [3.05, 3.63) is 29.6 Å². The van der Waals surface area contributed by atoms with Crippen molar-refractivity contribution in [2.75, 3.05) is 7.11 Å². The second kappa shape index (κ2) is 6.24. The Bertz CT molecular complexity index is 513. The lowest BCUT2D eigenvalue weighted by molar-refractivity contribution is 0.0599. The molecule has 5 nitrogen and oxygen atoms in total. The van der Waals surface area contributed by atoms with Crippen LogP contribution in [0.3, 0.4) is 0 Å². The summed E-state index contributed by atoms with van der Waals surface area (Å²) in [7, 11) is 1.30. The van der Waals surface area contributed by atoms with Gasteiger partial charge in [-0.3, -0.25) is 9.78 Å². The number of amides is 1. The standard InChI is InChI=1S/C16H24N2O3/c1-15(2,3)10-16(4,5)18-13(19)12-8-7-11(9-17-12)14(20)21-6/h7-9H,10H2,1-6H3,(H,18,19). The number of nitrogens with one attached hydrogen (secondary N) is 1. The van der Waals surface area contributed by atoms with Gasteiger partial charge in [0.2, 0.25) is 0 Å². The Kier molecular flexibility index (Phi) is 5.10. The zero-order valence-electron chi connectivity index (χ0n) is 13.6. The molecule has 0 saturated carbocycles. The molecule has 116 valence electrons. The second-order valence-electron chi connectivity index (χ2n) is 7.00. The predicted octanol–water partition coefficient (Wildman–Crippen LogP) is 2.81. The molecular formula is C16H24N2O3. The number of nitrogens with zero attached hydrogens (tertiary/aromatic N) is 1. The van der Waals surface area contributed by atoms with E-state index in [4.69, 9.17) is 0 Å². The summed E-state index contributed by atoms with van der Waals surface area (Å²) >= 11 is 0. The number of pyridine rings is 1. The molecule has 0 aliphatic carbocycles. The van der Waals surface area contributed by atoms with E-state index in [9.17, 15) is 9.59 Å². The molecule has 1 aromatic heterocycles. The van der Waals surface area contributed by atoms with Gasteiger partial charge in [0.25, 0.3) is 5.91 Å². The van der Waals surface area contributed by atoms with Crippen molar-refractivity contribution in [1.29, 1.82) is 0 Å². The van der Waals surface area contributed by atoms with Gasteiger partial charge in [0.15, 0.2) is 0 Å². The zero-order chi connectivity index (χ0) is 16.3. The van der Waals surface area contributed by atoms with Gasteiger partial charge < -0.3 is 10.1 Å². The normalized spacial score (nSPS) is 11.9. The molecule has 1 aromatic rings. The molecule has 1 heterocycles. The third kappa shape index (κ3) is 5.53. The molecular weight excluding hydrogens is 268 g/mol. The van der Waals surface area contributed by atoms with Gasteiger partial charge in [-0.15, -0.1) is 0 Å². The average Bonchev–Trinajstić information content (AvgIpc) is 2.34. The zero-order valence-corrected chi connectivity index (χ0v) is 13.6. The lowest BCUT2D eigenvalue weighted by atomic mass is 9.82. The van der Waals surface area contributed by atoms with E-state index in [-0.39, 0.29) is 22.6 Å². The monoisotopic (exact) mass is 292 g/mol. The first-order chi connectivity index (χ1) is 9.54. The summed E-state index contributed by atoms with van der Waals surface area (Å²) in [4.78, 5) is 27.5. The van der Waals surface area contributed by atoms with Crippen molar-refractivity contribution in [2.45, 2.75) is 46.6 Å². The Labute approximate surface area is 126 Å². The minimum atomic E-state index is -0.470. The molecule has 0 aliphatic heterocycles. The van der Waals surface area contributed by atoms with Crippen LogP contribution in [-0.2, 0) is 4.74 Å². The van der Waals surface area contributed by atoms with E-state index in [0.29, 0.717) is 5.56 Å². The first-order valence-electron chi connectivity index (χ1n) is 6.91. The maximum Gasteiger partial charge on any atom is 0.339 e. The van der Waals surface area contributed by atoms with Crippen LogP contribution in [0.4, 0.5) is 0 Å². The number of carbonyl (C=O) groups excluding carboxylic acids is 2. The van der Waals surface area contributed by atoms with Gasteiger partial charge in [-0.25, -0.2) is 4.79 Å². The van der Waals surface area contributed by atoms with Crippen molar-refractivity contribution >= 4 is 11.9 Å². The minimum absolute atomic E-state index is 0.110. The maximum absolute atomic E-state index is 12.2. The molecule has 5 heteroatoms. The number of esters is 1. The molecule has 0 spiro atoms. The maximum atomic E-state index is 12.2.